The van der Waals surface area contributed by atoms with E-state index < -0.39 is 5.82 Å². The van der Waals surface area contributed by atoms with E-state index in [1.165, 1.54) is 23.0 Å². The lowest BCUT2D eigenvalue weighted by Gasteiger charge is -1.99. The molecule has 0 N–H and O–H groups in total. The van der Waals surface area contributed by atoms with Crippen molar-refractivity contribution in [3.8, 4) is 11.4 Å². The monoisotopic (exact) mass is 327 g/mol. The molecule has 4 rings (SSSR count). The zero-order valence-electron chi connectivity index (χ0n) is 12.4. The summed E-state index contributed by atoms with van der Waals surface area (Å²) in [5.74, 6) is -0.238. The summed E-state index contributed by atoms with van der Waals surface area (Å²) < 4.78 is 21.4. The first-order valence-corrected chi connectivity index (χ1v) is 6.96. The lowest BCUT2D eigenvalue weighted by Crippen LogP contribution is -2.24. The second-order valence-corrected chi connectivity index (χ2v) is 5.05. The fourth-order valence-electron chi connectivity index (χ4n) is 2.28. The van der Waals surface area contributed by atoms with Crippen molar-refractivity contribution in [1.29, 1.82) is 0 Å². The lowest BCUT2D eigenvalue weighted by molar-refractivity contribution is 0.360. The number of hydrogen-bond acceptors (Lipinski definition) is 7. The maximum Gasteiger partial charge on any atom is 0.281 e. The van der Waals surface area contributed by atoms with Gasteiger partial charge in [0.2, 0.25) is 11.7 Å². The zero-order valence-corrected chi connectivity index (χ0v) is 12.4. The van der Waals surface area contributed by atoms with Crippen LogP contribution in [0.15, 0.2) is 39.8 Å². The molecule has 9 nitrogen and oxygen atoms in total. The van der Waals surface area contributed by atoms with E-state index in [4.69, 9.17) is 4.52 Å². The van der Waals surface area contributed by atoms with Gasteiger partial charge in [0.05, 0.1) is 11.8 Å². The first-order valence-electron chi connectivity index (χ1n) is 6.96. The summed E-state index contributed by atoms with van der Waals surface area (Å²) in [6.07, 6.45) is 1.42. The summed E-state index contributed by atoms with van der Waals surface area (Å²) in [7, 11) is 1.67. The van der Waals surface area contributed by atoms with Crippen molar-refractivity contribution in [3.05, 3.63) is 52.5 Å². The van der Waals surface area contributed by atoms with E-state index >= 15 is 0 Å². The summed E-state index contributed by atoms with van der Waals surface area (Å²) in [5, 5.41) is 15.8. The summed E-state index contributed by atoms with van der Waals surface area (Å²) in [6.45, 7) is -0.0713. The fraction of sp³-hybridized carbons (Fsp3) is 0.143. The highest BCUT2D eigenvalue weighted by atomic mass is 19.1. The van der Waals surface area contributed by atoms with Crippen molar-refractivity contribution in [1.82, 2.24) is 34.9 Å². The van der Waals surface area contributed by atoms with Crippen molar-refractivity contribution in [2.45, 2.75) is 6.54 Å². The highest BCUT2D eigenvalue weighted by Gasteiger charge is 2.15. The molecule has 10 heteroatoms. The molecular weight excluding hydrogens is 317 g/mol. The molecule has 0 fully saturated rings. The predicted octanol–water partition coefficient (Wildman–Crippen LogP) is 0.762. The molecule has 0 aliphatic carbocycles. The van der Waals surface area contributed by atoms with Crippen molar-refractivity contribution in [3.63, 3.8) is 0 Å². The number of fused-ring (bicyclic) bond motifs is 1. The Kier molecular flexibility index (Phi) is 3.15. The van der Waals surface area contributed by atoms with Crippen molar-refractivity contribution in [2.24, 2.45) is 7.05 Å². The van der Waals surface area contributed by atoms with Gasteiger partial charge in [0, 0.05) is 7.05 Å². The number of nitrogens with zero attached hydrogens (tertiary/aromatic N) is 7. The molecule has 0 atom stereocenters. The van der Waals surface area contributed by atoms with E-state index in [1.807, 2.05) is 0 Å². The van der Waals surface area contributed by atoms with E-state index in [2.05, 4.69) is 25.6 Å². The van der Waals surface area contributed by atoms with Crippen LogP contribution in [0.5, 0.6) is 0 Å². The molecule has 24 heavy (non-hydrogen) atoms. The number of rotatable bonds is 3. The predicted molar refractivity (Wildman–Crippen MR) is 79.4 cm³/mol. The Morgan fingerprint density at radius 1 is 1.29 bits per heavy atom. The van der Waals surface area contributed by atoms with E-state index in [0.717, 1.165) is 4.68 Å². The molecule has 0 aliphatic heterocycles. The minimum Gasteiger partial charge on any atom is -0.337 e. The summed E-state index contributed by atoms with van der Waals surface area (Å²) in [4.78, 5) is 16.4. The number of aromatic nitrogens is 7. The molecule has 0 amide bonds. The highest BCUT2D eigenvalue weighted by molar-refractivity contribution is 5.72. The van der Waals surface area contributed by atoms with Gasteiger partial charge in [-0.3, -0.25) is 4.79 Å². The van der Waals surface area contributed by atoms with Gasteiger partial charge in [-0.1, -0.05) is 22.5 Å². The normalized spacial score (nSPS) is 11.2. The average Bonchev–Trinajstić information content (AvgIpc) is 3.18. The van der Waals surface area contributed by atoms with Gasteiger partial charge in [-0.15, -0.1) is 5.10 Å². The van der Waals surface area contributed by atoms with Gasteiger partial charge in [-0.25, -0.2) is 13.8 Å². The lowest BCUT2D eigenvalue weighted by atomic mass is 10.2. The summed E-state index contributed by atoms with van der Waals surface area (Å²) in [6, 6.07) is 6.08. The first kappa shape index (κ1) is 14.2. The Hall–Kier alpha value is -3.43. The van der Waals surface area contributed by atoms with E-state index in [9.17, 15) is 9.18 Å². The smallest absolute Gasteiger partial charge is 0.281 e. The maximum atomic E-state index is 13.7. The third-order valence-corrected chi connectivity index (χ3v) is 3.49. The second-order valence-electron chi connectivity index (χ2n) is 5.05. The van der Waals surface area contributed by atoms with Gasteiger partial charge in [-0.05, 0) is 12.1 Å². The Bertz CT molecular complexity index is 1100. The molecule has 120 valence electrons. The molecule has 3 heterocycles. The third-order valence-electron chi connectivity index (χ3n) is 3.49. The fourth-order valence-corrected chi connectivity index (χ4v) is 2.28. The molecule has 1 aromatic carbocycles. The largest absolute Gasteiger partial charge is 0.337 e. The maximum absolute atomic E-state index is 13.7. The second kappa shape index (κ2) is 5.33. The van der Waals surface area contributed by atoms with Crippen LogP contribution >= 0.6 is 0 Å². The van der Waals surface area contributed by atoms with Crippen LogP contribution in [0.3, 0.4) is 0 Å². The topological polar surface area (TPSA) is 105 Å². The van der Waals surface area contributed by atoms with E-state index in [0.29, 0.717) is 11.0 Å². The molecule has 3 aromatic heterocycles. The third kappa shape index (κ3) is 2.24. The minimum atomic E-state index is -0.460. The number of benzene rings is 1. The van der Waals surface area contributed by atoms with Crippen LogP contribution in [0.2, 0.25) is 0 Å². The number of aryl methyl sites for hydroxylation is 1. The van der Waals surface area contributed by atoms with Gasteiger partial charge in [-0.2, -0.15) is 10.1 Å². The van der Waals surface area contributed by atoms with Gasteiger partial charge >= 0.3 is 0 Å². The SMILES string of the molecule is Cn1ncc2c(=O)n(Cc3nc(-c4ccccc4F)no3)nnc21. The summed E-state index contributed by atoms with van der Waals surface area (Å²) >= 11 is 0. The first-order chi connectivity index (χ1) is 11.6. The number of hydrogen-bond donors (Lipinski definition) is 0. The van der Waals surface area contributed by atoms with Crippen LogP contribution in [0.1, 0.15) is 5.89 Å². The zero-order chi connectivity index (χ0) is 16.7. The molecule has 0 aliphatic rings. The van der Waals surface area contributed by atoms with Crippen molar-refractivity contribution >= 4 is 11.0 Å². The molecule has 4 aromatic rings. The van der Waals surface area contributed by atoms with Crippen molar-refractivity contribution in [2.75, 3.05) is 0 Å². The van der Waals surface area contributed by atoms with Crippen LogP contribution in [0.25, 0.3) is 22.4 Å². The molecule has 0 saturated carbocycles. The Labute approximate surface area is 133 Å². The van der Waals surface area contributed by atoms with Crippen LogP contribution in [0, 0.1) is 5.82 Å². The quantitative estimate of drug-likeness (QED) is 0.547. The van der Waals surface area contributed by atoms with Crippen molar-refractivity contribution < 1.29 is 8.91 Å². The van der Waals surface area contributed by atoms with Gasteiger partial charge < -0.3 is 4.52 Å². The molecule has 0 spiro atoms. The molecule has 0 bridgehead atoms. The van der Waals surface area contributed by atoms with Crippen LogP contribution in [0.4, 0.5) is 4.39 Å². The standard InChI is InChI=1S/C14H10FN7O2/c1-21-13-9(6-16-21)14(23)22(20-18-13)7-11-17-12(19-24-11)8-4-2-3-5-10(8)15/h2-6H,7H2,1H3. The summed E-state index contributed by atoms with van der Waals surface area (Å²) in [5.41, 5.74) is 0.223. The Morgan fingerprint density at radius 2 is 2.12 bits per heavy atom. The van der Waals surface area contributed by atoms with Gasteiger partial charge in [0.1, 0.15) is 17.7 Å². The minimum absolute atomic E-state index is 0.0713. The molecule has 0 unspecified atom stereocenters. The van der Waals surface area contributed by atoms with Crippen LogP contribution < -0.4 is 5.56 Å². The molecule has 0 saturated heterocycles. The van der Waals surface area contributed by atoms with E-state index in [1.54, 1.807) is 19.2 Å². The average molecular weight is 327 g/mol. The van der Waals surface area contributed by atoms with Crippen LogP contribution in [-0.2, 0) is 13.6 Å². The van der Waals surface area contributed by atoms with Crippen LogP contribution in [-0.4, -0.2) is 34.9 Å². The number of halogens is 1. The Balaban J connectivity index is 1.69. The molecular formula is C14H10FN7O2. The molecule has 0 radical (unpaired) electrons. The van der Waals surface area contributed by atoms with Gasteiger partial charge in [0.15, 0.2) is 5.65 Å². The van der Waals surface area contributed by atoms with Gasteiger partial charge in [0.25, 0.3) is 5.56 Å². The Morgan fingerprint density at radius 3 is 2.96 bits per heavy atom. The highest BCUT2D eigenvalue weighted by Crippen LogP contribution is 2.19. The van der Waals surface area contributed by atoms with E-state index in [-0.39, 0.29) is 29.4 Å².